The van der Waals surface area contributed by atoms with E-state index in [9.17, 15) is 0 Å². The monoisotopic (exact) mass is 298 g/mol. The Morgan fingerprint density at radius 1 is 1.10 bits per heavy atom. The lowest BCUT2D eigenvalue weighted by Gasteiger charge is -2.47. The van der Waals surface area contributed by atoms with Crippen molar-refractivity contribution in [3.8, 4) is 0 Å². The topological polar surface area (TPSA) is 82.6 Å². The van der Waals surface area contributed by atoms with Gasteiger partial charge in [-0.1, -0.05) is 40.0 Å². The molecule has 4 unspecified atom stereocenters. The number of ether oxygens (including phenoxy) is 2. The second-order valence-electron chi connectivity index (χ2n) is 7.65. The van der Waals surface area contributed by atoms with Crippen LogP contribution in [0.4, 0.5) is 4.79 Å². The Labute approximate surface area is 125 Å². The molecule has 2 aliphatic carbocycles. The van der Waals surface area contributed by atoms with Crippen LogP contribution in [0.2, 0.25) is 0 Å². The SMILES string of the molecule is CC1CCCCC1C1(C)CC23OC2(CC1C)O3.O=C(O)O. The summed E-state index contributed by atoms with van der Waals surface area (Å²) in [7, 11) is 0. The van der Waals surface area contributed by atoms with E-state index in [1.165, 1.54) is 25.7 Å². The van der Waals surface area contributed by atoms with Crippen LogP contribution in [-0.2, 0) is 9.47 Å². The van der Waals surface area contributed by atoms with Crippen LogP contribution in [-0.4, -0.2) is 27.9 Å². The fraction of sp³-hybridized carbons (Fsp3) is 0.938. The van der Waals surface area contributed by atoms with E-state index in [4.69, 9.17) is 24.5 Å². The third-order valence-electron chi connectivity index (χ3n) is 6.43. The maximum atomic E-state index is 8.56. The molecule has 5 heteroatoms. The van der Waals surface area contributed by atoms with Gasteiger partial charge in [0.15, 0.2) is 0 Å². The predicted octanol–water partition coefficient (Wildman–Crippen LogP) is 3.92. The van der Waals surface area contributed by atoms with Gasteiger partial charge < -0.3 is 19.7 Å². The zero-order chi connectivity index (χ0) is 15.5. The molecule has 0 bridgehead atoms. The van der Waals surface area contributed by atoms with Crippen molar-refractivity contribution < 1.29 is 24.5 Å². The Kier molecular flexibility index (Phi) is 3.30. The van der Waals surface area contributed by atoms with Crippen LogP contribution in [0.25, 0.3) is 0 Å². The first-order valence-electron chi connectivity index (χ1n) is 8.07. The largest absolute Gasteiger partial charge is 0.503 e. The van der Waals surface area contributed by atoms with Gasteiger partial charge in [-0.2, -0.15) is 0 Å². The summed E-state index contributed by atoms with van der Waals surface area (Å²) in [4.78, 5) is 8.56. The molecule has 4 atom stereocenters. The minimum absolute atomic E-state index is 0.0934. The van der Waals surface area contributed by atoms with Crippen molar-refractivity contribution in [2.45, 2.75) is 70.9 Å². The Hall–Kier alpha value is -0.810. The lowest BCUT2D eigenvalue weighted by atomic mass is 9.56. The second-order valence-corrected chi connectivity index (χ2v) is 7.65. The zero-order valence-corrected chi connectivity index (χ0v) is 13.1. The summed E-state index contributed by atoms with van der Waals surface area (Å²) in [5.41, 5.74) is 0.441. The van der Waals surface area contributed by atoms with E-state index in [-0.39, 0.29) is 11.6 Å². The number of carbonyl (C=O) groups is 1. The van der Waals surface area contributed by atoms with E-state index < -0.39 is 6.16 Å². The van der Waals surface area contributed by atoms with Gasteiger partial charge in [0.2, 0.25) is 11.6 Å². The van der Waals surface area contributed by atoms with E-state index in [0.717, 1.165) is 30.6 Å². The molecule has 2 saturated heterocycles. The number of rotatable bonds is 1. The number of hydrogen-bond donors (Lipinski definition) is 2. The van der Waals surface area contributed by atoms with Crippen molar-refractivity contribution in [3.05, 3.63) is 0 Å². The van der Waals surface area contributed by atoms with Gasteiger partial charge in [0.25, 0.3) is 0 Å². The molecule has 0 aromatic heterocycles. The van der Waals surface area contributed by atoms with Crippen LogP contribution in [0.3, 0.4) is 0 Å². The van der Waals surface area contributed by atoms with Gasteiger partial charge in [0.1, 0.15) is 0 Å². The Balaban J connectivity index is 0.000000298. The van der Waals surface area contributed by atoms with Gasteiger partial charge in [-0.05, 0) is 29.6 Å². The van der Waals surface area contributed by atoms with Gasteiger partial charge in [-0.15, -0.1) is 0 Å². The highest BCUT2D eigenvalue weighted by molar-refractivity contribution is 5.53. The van der Waals surface area contributed by atoms with Crippen LogP contribution in [0.1, 0.15) is 59.3 Å². The Bertz CT molecular complexity index is 438. The second kappa shape index (κ2) is 4.59. The van der Waals surface area contributed by atoms with Gasteiger partial charge in [0, 0.05) is 12.8 Å². The molecule has 0 amide bonds. The van der Waals surface area contributed by atoms with E-state index in [0.29, 0.717) is 5.41 Å². The molecule has 0 aromatic rings. The predicted molar refractivity (Wildman–Crippen MR) is 75.9 cm³/mol. The maximum absolute atomic E-state index is 8.56. The van der Waals surface area contributed by atoms with Crippen molar-refractivity contribution in [1.29, 1.82) is 0 Å². The van der Waals surface area contributed by atoms with E-state index in [1.807, 2.05) is 0 Å². The Morgan fingerprint density at radius 3 is 2.24 bits per heavy atom. The average Bonchev–Trinajstić information content (AvgIpc) is 3.14. The van der Waals surface area contributed by atoms with E-state index >= 15 is 0 Å². The van der Waals surface area contributed by atoms with Gasteiger partial charge >= 0.3 is 6.16 Å². The fourth-order valence-electron chi connectivity index (χ4n) is 5.04. The number of epoxide rings is 2. The lowest BCUT2D eigenvalue weighted by Crippen LogP contribution is -2.43. The third-order valence-corrected chi connectivity index (χ3v) is 6.43. The van der Waals surface area contributed by atoms with E-state index in [1.54, 1.807) is 0 Å². The molecule has 2 aliphatic heterocycles. The molecule has 2 saturated carbocycles. The average molecular weight is 298 g/mol. The summed E-state index contributed by atoms with van der Waals surface area (Å²) in [6.45, 7) is 7.39. The van der Waals surface area contributed by atoms with Crippen LogP contribution in [0.15, 0.2) is 0 Å². The molecular formula is C16H26O5. The summed E-state index contributed by atoms with van der Waals surface area (Å²) >= 11 is 0. The highest BCUT2D eigenvalue weighted by atomic mass is 17.0. The van der Waals surface area contributed by atoms with Gasteiger partial charge in [-0.25, -0.2) is 4.79 Å². The molecule has 0 spiro atoms. The molecule has 2 heterocycles. The molecule has 120 valence electrons. The Morgan fingerprint density at radius 2 is 1.67 bits per heavy atom. The van der Waals surface area contributed by atoms with Crippen LogP contribution < -0.4 is 0 Å². The van der Waals surface area contributed by atoms with Crippen LogP contribution in [0.5, 0.6) is 0 Å². The van der Waals surface area contributed by atoms with Gasteiger partial charge in [0.05, 0.1) is 0 Å². The molecule has 21 heavy (non-hydrogen) atoms. The minimum Gasteiger partial charge on any atom is -0.450 e. The molecule has 4 rings (SSSR count). The van der Waals surface area contributed by atoms with Crippen molar-refractivity contribution in [3.63, 3.8) is 0 Å². The number of hydrogen-bond acceptors (Lipinski definition) is 3. The van der Waals surface area contributed by atoms with E-state index in [2.05, 4.69) is 20.8 Å². The van der Waals surface area contributed by atoms with Crippen molar-refractivity contribution in [2.75, 3.05) is 0 Å². The van der Waals surface area contributed by atoms with Crippen molar-refractivity contribution in [1.82, 2.24) is 0 Å². The standard InChI is InChI=1S/C15H24O2.CH2O3/c1-10-6-4-5-7-12(10)13(3)9-15-14(16-15,17-15)8-11(13)2;2-1(3)4/h10-12H,4-9H2,1-3H3;(H2,2,3,4). The normalized spacial score (nSPS) is 53.6. The summed E-state index contributed by atoms with van der Waals surface area (Å²) < 4.78 is 11.6. The zero-order valence-electron chi connectivity index (χ0n) is 13.1. The highest BCUT2D eigenvalue weighted by Crippen LogP contribution is 2.79. The summed E-state index contributed by atoms with van der Waals surface area (Å²) in [6.07, 6.45) is 6.15. The molecular weight excluding hydrogens is 272 g/mol. The van der Waals surface area contributed by atoms with Crippen molar-refractivity contribution >= 4 is 6.16 Å². The molecule has 5 nitrogen and oxygen atoms in total. The van der Waals surface area contributed by atoms with Crippen LogP contribution in [0, 0.1) is 23.2 Å². The molecule has 0 aromatic carbocycles. The van der Waals surface area contributed by atoms with Crippen LogP contribution >= 0.6 is 0 Å². The third kappa shape index (κ3) is 2.25. The maximum Gasteiger partial charge on any atom is 0.503 e. The quantitative estimate of drug-likeness (QED) is 0.717. The highest BCUT2D eigenvalue weighted by Gasteiger charge is 2.93. The number of carboxylic acid groups (broad SMARTS) is 2. The molecule has 4 aliphatic rings. The molecule has 4 fully saturated rings. The fourth-order valence-corrected chi connectivity index (χ4v) is 5.04. The minimum atomic E-state index is -1.83. The first-order valence-corrected chi connectivity index (χ1v) is 8.07. The summed E-state index contributed by atoms with van der Waals surface area (Å²) in [5.74, 6) is 2.31. The van der Waals surface area contributed by atoms with Crippen molar-refractivity contribution in [2.24, 2.45) is 23.2 Å². The first kappa shape index (κ1) is 15.1. The summed E-state index contributed by atoms with van der Waals surface area (Å²) in [5, 5.41) is 13.9. The van der Waals surface area contributed by atoms with Gasteiger partial charge in [-0.3, -0.25) is 0 Å². The smallest absolute Gasteiger partial charge is 0.450 e. The summed E-state index contributed by atoms with van der Waals surface area (Å²) in [6, 6.07) is 0. The molecule has 2 N–H and O–H groups in total. The molecule has 0 radical (unpaired) electrons. The lowest BCUT2D eigenvalue weighted by molar-refractivity contribution is -0.0992. The first-order chi connectivity index (χ1) is 9.75.